The summed E-state index contributed by atoms with van der Waals surface area (Å²) >= 11 is 0. The molecule has 112 valence electrons. The molecule has 0 aliphatic heterocycles. The molecule has 5 nitrogen and oxygen atoms in total. The van der Waals surface area contributed by atoms with E-state index in [0.717, 1.165) is 16.3 Å². The first kappa shape index (κ1) is 14.1. The van der Waals surface area contributed by atoms with Crippen LogP contribution in [0.5, 0.6) is 0 Å². The van der Waals surface area contributed by atoms with Gasteiger partial charge in [0, 0.05) is 29.4 Å². The molecule has 0 aliphatic rings. The molecule has 0 atom stereocenters. The number of rotatable bonds is 4. The van der Waals surface area contributed by atoms with Crippen molar-refractivity contribution in [3.63, 3.8) is 0 Å². The smallest absolute Gasteiger partial charge is 0.303 e. The lowest BCUT2D eigenvalue weighted by Crippen LogP contribution is -2.21. The predicted octanol–water partition coefficient (Wildman–Crippen LogP) is 2.60. The van der Waals surface area contributed by atoms with Gasteiger partial charge in [-0.1, -0.05) is 18.2 Å². The van der Waals surface area contributed by atoms with Gasteiger partial charge in [-0.2, -0.15) is 0 Å². The number of hydrogen-bond donors (Lipinski definition) is 2. The molecular formula is C17H16N2O3. The average molecular weight is 296 g/mol. The maximum absolute atomic E-state index is 12.7. The number of hydrogen-bond acceptors (Lipinski definition) is 3. The van der Waals surface area contributed by atoms with Crippen molar-refractivity contribution in [2.24, 2.45) is 0 Å². The van der Waals surface area contributed by atoms with E-state index in [1.165, 1.54) is 0 Å². The van der Waals surface area contributed by atoms with Crippen LogP contribution in [0.25, 0.3) is 21.7 Å². The standard InChI is InChI=1S/C17H16N2O3/c18-11-7-8-15-14(10-11)12-4-1-2-5-13(12)17(22)19(15)9-3-6-16(20)21/h1-2,4-5,7-8,10H,3,6,9,18H2,(H,20,21). The molecule has 0 amide bonds. The minimum Gasteiger partial charge on any atom is -0.481 e. The lowest BCUT2D eigenvalue weighted by Gasteiger charge is -2.13. The summed E-state index contributed by atoms with van der Waals surface area (Å²) < 4.78 is 1.64. The summed E-state index contributed by atoms with van der Waals surface area (Å²) in [6, 6.07) is 12.8. The normalized spacial score (nSPS) is 11.1. The van der Waals surface area contributed by atoms with Crippen LogP contribution in [0.15, 0.2) is 47.3 Å². The zero-order chi connectivity index (χ0) is 15.7. The fourth-order valence-electron chi connectivity index (χ4n) is 2.77. The second kappa shape index (κ2) is 5.52. The molecule has 0 fully saturated rings. The summed E-state index contributed by atoms with van der Waals surface area (Å²) in [7, 11) is 0. The Morgan fingerprint density at radius 3 is 2.55 bits per heavy atom. The van der Waals surface area contributed by atoms with Gasteiger partial charge in [-0.15, -0.1) is 0 Å². The highest BCUT2D eigenvalue weighted by atomic mass is 16.4. The van der Waals surface area contributed by atoms with Crippen LogP contribution in [0.2, 0.25) is 0 Å². The first-order valence-electron chi connectivity index (χ1n) is 7.10. The SMILES string of the molecule is Nc1ccc2c(c1)c1ccccc1c(=O)n2CCCC(=O)O. The van der Waals surface area contributed by atoms with Crippen molar-refractivity contribution in [3.05, 3.63) is 52.8 Å². The molecule has 3 aromatic rings. The molecule has 1 heterocycles. The third-order valence-electron chi connectivity index (χ3n) is 3.78. The molecule has 1 aromatic heterocycles. The Hall–Kier alpha value is -2.82. The van der Waals surface area contributed by atoms with Crippen LogP contribution < -0.4 is 11.3 Å². The van der Waals surface area contributed by atoms with Gasteiger partial charge in [-0.05, 0) is 36.1 Å². The van der Waals surface area contributed by atoms with E-state index in [9.17, 15) is 9.59 Å². The van der Waals surface area contributed by atoms with Gasteiger partial charge in [-0.3, -0.25) is 9.59 Å². The molecule has 3 N–H and O–H groups in total. The number of aromatic nitrogens is 1. The number of nitrogens with zero attached hydrogens (tertiary/aromatic N) is 1. The Morgan fingerprint density at radius 2 is 1.82 bits per heavy atom. The van der Waals surface area contributed by atoms with Crippen LogP contribution in [0.3, 0.4) is 0 Å². The quantitative estimate of drug-likeness (QED) is 0.572. The molecule has 0 radical (unpaired) electrons. The Labute approximate surface area is 126 Å². The average Bonchev–Trinajstić information content (AvgIpc) is 2.50. The van der Waals surface area contributed by atoms with Crippen molar-refractivity contribution in [2.75, 3.05) is 5.73 Å². The monoisotopic (exact) mass is 296 g/mol. The molecule has 0 bridgehead atoms. The highest BCUT2D eigenvalue weighted by Crippen LogP contribution is 2.25. The maximum atomic E-state index is 12.7. The van der Waals surface area contributed by atoms with Crippen molar-refractivity contribution in [3.8, 4) is 0 Å². The topological polar surface area (TPSA) is 85.3 Å². The fraction of sp³-hybridized carbons (Fsp3) is 0.176. The number of aliphatic carboxylic acids is 1. The number of nitrogen functional groups attached to an aromatic ring is 1. The maximum Gasteiger partial charge on any atom is 0.303 e. The Kier molecular flexibility index (Phi) is 3.55. The van der Waals surface area contributed by atoms with Crippen LogP contribution in [-0.2, 0) is 11.3 Å². The van der Waals surface area contributed by atoms with Gasteiger partial charge < -0.3 is 15.4 Å². The lowest BCUT2D eigenvalue weighted by atomic mass is 10.1. The summed E-state index contributed by atoms with van der Waals surface area (Å²) in [6.07, 6.45) is 0.447. The molecule has 0 spiro atoms. The zero-order valence-electron chi connectivity index (χ0n) is 12.0. The number of aryl methyl sites for hydroxylation is 1. The summed E-state index contributed by atoms with van der Waals surface area (Å²) in [5, 5.41) is 11.2. The molecule has 5 heteroatoms. The third-order valence-corrected chi connectivity index (χ3v) is 3.78. The summed E-state index contributed by atoms with van der Waals surface area (Å²) in [6.45, 7) is 0.371. The second-order valence-electron chi connectivity index (χ2n) is 5.28. The Balaban J connectivity index is 2.26. The van der Waals surface area contributed by atoms with E-state index in [1.54, 1.807) is 16.7 Å². The van der Waals surface area contributed by atoms with E-state index in [2.05, 4.69) is 0 Å². The summed E-state index contributed by atoms with van der Waals surface area (Å²) in [5.41, 5.74) is 7.19. The first-order chi connectivity index (χ1) is 10.6. The molecule has 0 aliphatic carbocycles. The lowest BCUT2D eigenvalue weighted by molar-refractivity contribution is -0.137. The first-order valence-corrected chi connectivity index (χ1v) is 7.10. The van der Waals surface area contributed by atoms with E-state index in [-0.39, 0.29) is 12.0 Å². The fourth-order valence-corrected chi connectivity index (χ4v) is 2.77. The van der Waals surface area contributed by atoms with Gasteiger partial charge in [-0.25, -0.2) is 0 Å². The highest BCUT2D eigenvalue weighted by Gasteiger charge is 2.11. The minimum atomic E-state index is -0.859. The third kappa shape index (κ3) is 2.41. The van der Waals surface area contributed by atoms with E-state index in [4.69, 9.17) is 10.8 Å². The van der Waals surface area contributed by atoms with Gasteiger partial charge in [0.15, 0.2) is 0 Å². The number of carboxylic acid groups (broad SMARTS) is 1. The molecular weight excluding hydrogens is 280 g/mol. The van der Waals surface area contributed by atoms with Crippen LogP contribution in [-0.4, -0.2) is 15.6 Å². The number of pyridine rings is 1. The van der Waals surface area contributed by atoms with Gasteiger partial charge in [0.25, 0.3) is 5.56 Å². The molecule has 2 aromatic carbocycles. The van der Waals surface area contributed by atoms with Crippen LogP contribution in [0.4, 0.5) is 5.69 Å². The molecule has 0 unspecified atom stereocenters. The van der Waals surface area contributed by atoms with Gasteiger partial charge in [0.05, 0.1) is 5.52 Å². The van der Waals surface area contributed by atoms with Crippen molar-refractivity contribution >= 4 is 33.3 Å². The molecule has 0 saturated heterocycles. The van der Waals surface area contributed by atoms with Crippen LogP contribution in [0.1, 0.15) is 12.8 Å². The zero-order valence-corrected chi connectivity index (χ0v) is 12.0. The number of carboxylic acids is 1. The van der Waals surface area contributed by atoms with Crippen LogP contribution >= 0.6 is 0 Å². The Morgan fingerprint density at radius 1 is 1.09 bits per heavy atom. The second-order valence-corrected chi connectivity index (χ2v) is 5.28. The summed E-state index contributed by atoms with van der Waals surface area (Å²) in [5.74, 6) is -0.859. The number of carbonyl (C=O) groups is 1. The van der Waals surface area contributed by atoms with Crippen LogP contribution in [0, 0.1) is 0 Å². The van der Waals surface area contributed by atoms with Crippen molar-refractivity contribution in [1.29, 1.82) is 0 Å². The van der Waals surface area contributed by atoms with Crippen molar-refractivity contribution in [2.45, 2.75) is 19.4 Å². The van der Waals surface area contributed by atoms with E-state index in [1.807, 2.05) is 30.3 Å². The Bertz CT molecular complexity index is 928. The number of fused-ring (bicyclic) bond motifs is 3. The minimum absolute atomic E-state index is 0.0374. The number of benzene rings is 2. The van der Waals surface area contributed by atoms with E-state index < -0.39 is 5.97 Å². The largest absolute Gasteiger partial charge is 0.481 e. The molecule has 22 heavy (non-hydrogen) atoms. The van der Waals surface area contributed by atoms with Gasteiger partial charge >= 0.3 is 5.97 Å². The molecule has 0 saturated carbocycles. The van der Waals surface area contributed by atoms with Gasteiger partial charge in [0.2, 0.25) is 0 Å². The van der Waals surface area contributed by atoms with E-state index in [0.29, 0.717) is 24.0 Å². The predicted molar refractivity (Wildman–Crippen MR) is 87.0 cm³/mol. The molecule has 3 rings (SSSR count). The number of nitrogens with two attached hydrogens (primary N) is 1. The van der Waals surface area contributed by atoms with E-state index >= 15 is 0 Å². The van der Waals surface area contributed by atoms with Crippen molar-refractivity contribution in [1.82, 2.24) is 4.57 Å². The number of anilines is 1. The highest BCUT2D eigenvalue weighted by molar-refractivity contribution is 6.06. The van der Waals surface area contributed by atoms with Crippen molar-refractivity contribution < 1.29 is 9.90 Å². The summed E-state index contributed by atoms with van der Waals surface area (Å²) in [4.78, 5) is 23.4. The van der Waals surface area contributed by atoms with Gasteiger partial charge in [0.1, 0.15) is 0 Å².